The average Bonchev–Trinajstić information content (AvgIpc) is 2.49. The molecule has 0 fully saturated rings. The highest BCUT2D eigenvalue weighted by molar-refractivity contribution is 9.10. The number of para-hydroxylation sites is 1. The van der Waals surface area contributed by atoms with Crippen LogP contribution in [-0.2, 0) is 6.42 Å². The van der Waals surface area contributed by atoms with Crippen molar-refractivity contribution in [3.05, 3.63) is 63.6 Å². The van der Waals surface area contributed by atoms with Crippen LogP contribution in [0.2, 0.25) is 0 Å². The van der Waals surface area contributed by atoms with Gasteiger partial charge < -0.3 is 10.1 Å². The van der Waals surface area contributed by atoms with Gasteiger partial charge in [0.15, 0.2) is 0 Å². The summed E-state index contributed by atoms with van der Waals surface area (Å²) in [5.74, 6) is -0.194. The Labute approximate surface area is 131 Å². The summed E-state index contributed by atoms with van der Waals surface area (Å²) >= 11 is 2.99. The van der Waals surface area contributed by atoms with Crippen molar-refractivity contribution in [1.82, 2.24) is 5.32 Å². The molecule has 0 heterocycles. The Morgan fingerprint density at radius 1 is 1.19 bits per heavy atom. The molecule has 2 nitrogen and oxygen atoms in total. The Kier molecular flexibility index (Phi) is 5.31. The Bertz CT molecular complexity index is 634. The second-order valence-electron chi connectivity index (χ2n) is 4.65. The van der Waals surface area contributed by atoms with Gasteiger partial charge in [0, 0.05) is 11.6 Å². The number of halogens is 3. The number of hydrogen-bond donors (Lipinski definition) is 1. The van der Waals surface area contributed by atoms with E-state index in [1.54, 1.807) is 14.2 Å². The van der Waals surface area contributed by atoms with Gasteiger partial charge in [0.1, 0.15) is 17.4 Å². The van der Waals surface area contributed by atoms with Gasteiger partial charge in [-0.05, 0) is 53.2 Å². The minimum absolute atomic E-state index is 0.121. The zero-order valence-electron chi connectivity index (χ0n) is 11.8. The molecule has 1 N–H and O–H groups in total. The van der Waals surface area contributed by atoms with E-state index in [1.807, 2.05) is 24.3 Å². The monoisotopic (exact) mass is 355 g/mol. The van der Waals surface area contributed by atoms with E-state index in [0.29, 0.717) is 12.0 Å². The van der Waals surface area contributed by atoms with Gasteiger partial charge in [0.2, 0.25) is 0 Å². The molecule has 0 bridgehead atoms. The van der Waals surface area contributed by atoms with E-state index in [4.69, 9.17) is 4.74 Å². The van der Waals surface area contributed by atoms with Crippen LogP contribution in [-0.4, -0.2) is 14.2 Å². The molecular formula is C16H16BrF2NO. The smallest absolute Gasteiger partial charge is 0.137 e. The zero-order valence-corrected chi connectivity index (χ0v) is 13.4. The molecule has 5 heteroatoms. The first-order chi connectivity index (χ1) is 10.1. The second-order valence-corrected chi connectivity index (χ2v) is 5.50. The lowest BCUT2D eigenvalue weighted by atomic mass is 9.98. The van der Waals surface area contributed by atoms with E-state index in [1.165, 1.54) is 6.07 Å². The lowest BCUT2D eigenvalue weighted by Crippen LogP contribution is -2.20. The summed E-state index contributed by atoms with van der Waals surface area (Å²) in [5, 5.41) is 3.03. The van der Waals surface area contributed by atoms with Gasteiger partial charge >= 0.3 is 0 Å². The molecule has 2 aromatic rings. The second kappa shape index (κ2) is 7.00. The van der Waals surface area contributed by atoms with E-state index >= 15 is 0 Å². The van der Waals surface area contributed by atoms with E-state index in [2.05, 4.69) is 21.2 Å². The molecule has 112 valence electrons. The molecular weight excluding hydrogens is 340 g/mol. The first kappa shape index (κ1) is 15.9. The van der Waals surface area contributed by atoms with Crippen molar-refractivity contribution in [1.29, 1.82) is 0 Å². The van der Waals surface area contributed by atoms with Gasteiger partial charge in [-0.25, -0.2) is 8.78 Å². The topological polar surface area (TPSA) is 21.3 Å². The molecule has 0 aliphatic rings. The van der Waals surface area contributed by atoms with Crippen molar-refractivity contribution in [2.45, 2.75) is 12.5 Å². The predicted octanol–water partition coefficient (Wildman–Crippen LogP) is 4.24. The first-order valence-corrected chi connectivity index (χ1v) is 7.29. The SMILES string of the molecule is CNC(Cc1ccccc1OC)c1cc(F)c(Br)cc1F. The van der Waals surface area contributed by atoms with Crippen LogP contribution in [0.1, 0.15) is 17.2 Å². The van der Waals surface area contributed by atoms with Crippen LogP contribution in [0.25, 0.3) is 0 Å². The van der Waals surface area contributed by atoms with Gasteiger partial charge in [0.25, 0.3) is 0 Å². The maximum Gasteiger partial charge on any atom is 0.137 e. The fourth-order valence-electron chi connectivity index (χ4n) is 2.26. The van der Waals surface area contributed by atoms with Crippen molar-refractivity contribution in [3.63, 3.8) is 0 Å². The number of likely N-dealkylation sites (N-methyl/N-ethyl adjacent to an activating group) is 1. The van der Waals surface area contributed by atoms with Gasteiger partial charge in [0.05, 0.1) is 11.6 Å². The van der Waals surface area contributed by atoms with Gasteiger partial charge in [-0.1, -0.05) is 18.2 Å². The molecule has 0 saturated heterocycles. The molecule has 0 saturated carbocycles. The maximum absolute atomic E-state index is 14.1. The number of nitrogens with one attached hydrogen (secondary N) is 1. The zero-order chi connectivity index (χ0) is 15.4. The van der Waals surface area contributed by atoms with Gasteiger partial charge in [-0.15, -0.1) is 0 Å². The Morgan fingerprint density at radius 2 is 1.90 bits per heavy atom. The third-order valence-electron chi connectivity index (χ3n) is 3.38. The van der Waals surface area contributed by atoms with E-state index in [0.717, 1.165) is 17.4 Å². The average molecular weight is 356 g/mol. The fraction of sp³-hybridized carbons (Fsp3) is 0.250. The van der Waals surface area contributed by atoms with E-state index < -0.39 is 11.6 Å². The standard InChI is InChI=1S/C16H16BrF2NO/c1-20-15(7-10-5-3-4-6-16(10)21-2)11-8-14(19)12(17)9-13(11)18/h3-6,8-9,15,20H,7H2,1-2H3. The van der Waals surface area contributed by atoms with Crippen LogP contribution in [0, 0.1) is 11.6 Å². The number of benzene rings is 2. The number of methoxy groups -OCH3 is 1. The Morgan fingerprint density at radius 3 is 2.57 bits per heavy atom. The van der Waals surface area contributed by atoms with E-state index in [-0.39, 0.29) is 10.5 Å². The van der Waals surface area contributed by atoms with Gasteiger partial charge in [-0.2, -0.15) is 0 Å². The largest absolute Gasteiger partial charge is 0.496 e. The third-order valence-corrected chi connectivity index (χ3v) is 3.99. The summed E-state index contributed by atoms with van der Waals surface area (Å²) in [6.07, 6.45) is 0.499. The van der Waals surface area contributed by atoms with Crippen molar-refractivity contribution >= 4 is 15.9 Å². The Balaban J connectivity index is 2.34. The highest BCUT2D eigenvalue weighted by Crippen LogP contribution is 2.29. The molecule has 0 aliphatic heterocycles. The molecule has 0 amide bonds. The summed E-state index contributed by atoms with van der Waals surface area (Å²) in [4.78, 5) is 0. The molecule has 2 rings (SSSR count). The lowest BCUT2D eigenvalue weighted by Gasteiger charge is -2.19. The molecule has 0 aliphatic carbocycles. The normalized spacial score (nSPS) is 12.2. The quantitative estimate of drug-likeness (QED) is 0.810. The molecule has 2 aromatic carbocycles. The Hall–Kier alpha value is -1.46. The summed E-state index contributed by atoms with van der Waals surface area (Å²) in [5.41, 5.74) is 1.23. The first-order valence-electron chi connectivity index (χ1n) is 6.50. The number of hydrogen-bond acceptors (Lipinski definition) is 2. The van der Waals surface area contributed by atoms with Crippen molar-refractivity contribution in [2.24, 2.45) is 0 Å². The summed E-state index contributed by atoms with van der Waals surface area (Å²) < 4.78 is 33.2. The van der Waals surface area contributed by atoms with Gasteiger partial charge in [-0.3, -0.25) is 0 Å². The third kappa shape index (κ3) is 3.60. The van der Waals surface area contributed by atoms with Crippen LogP contribution < -0.4 is 10.1 Å². The molecule has 1 atom stereocenters. The van der Waals surface area contributed by atoms with Crippen LogP contribution in [0.3, 0.4) is 0 Å². The van der Waals surface area contributed by atoms with Crippen molar-refractivity contribution in [3.8, 4) is 5.75 Å². The number of rotatable bonds is 5. The van der Waals surface area contributed by atoms with E-state index in [9.17, 15) is 8.78 Å². The molecule has 21 heavy (non-hydrogen) atoms. The van der Waals surface area contributed by atoms with Crippen molar-refractivity contribution in [2.75, 3.05) is 14.2 Å². The molecule has 0 spiro atoms. The van der Waals surface area contributed by atoms with Crippen LogP contribution >= 0.6 is 15.9 Å². The summed E-state index contributed by atoms with van der Waals surface area (Å²) in [6, 6.07) is 9.55. The highest BCUT2D eigenvalue weighted by Gasteiger charge is 2.18. The minimum Gasteiger partial charge on any atom is -0.496 e. The predicted molar refractivity (Wildman–Crippen MR) is 82.6 cm³/mol. The van der Waals surface area contributed by atoms with Crippen molar-refractivity contribution < 1.29 is 13.5 Å². The molecule has 0 radical (unpaired) electrons. The maximum atomic E-state index is 14.1. The highest BCUT2D eigenvalue weighted by atomic mass is 79.9. The van der Waals surface area contributed by atoms with Crippen LogP contribution in [0.5, 0.6) is 5.75 Å². The summed E-state index contributed by atoms with van der Waals surface area (Å²) in [7, 11) is 3.31. The minimum atomic E-state index is -0.480. The van der Waals surface area contributed by atoms with Crippen LogP contribution in [0.4, 0.5) is 8.78 Å². The fourth-order valence-corrected chi connectivity index (χ4v) is 2.58. The molecule has 1 unspecified atom stereocenters. The lowest BCUT2D eigenvalue weighted by molar-refractivity contribution is 0.405. The summed E-state index contributed by atoms with van der Waals surface area (Å²) in [6.45, 7) is 0. The van der Waals surface area contributed by atoms with Crippen LogP contribution in [0.15, 0.2) is 40.9 Å². The molecule has 0 aromatic heterocycles. The number of ether oxygens (including phenoxy) is 1.